The molecule has 1 aliphatic heterocycles. The number of para-hydroxylation sites is 2. The molecule has 0 aliphatic carbocycles. The van der Waals surface area contributed by atoms with Crippen molar-refractivity contribution >= 4 is 17.3 Å². The van der Waals surface area contributed by atoms with Gasteiger partial charge in [-0.05, 0) is 37.1 Å². The minimum atomic E-state index is 0.434. The lowest BCUT2D eigenvalue weighted by atomic mass is 10.2. The van der Waals surface area contributed by atoms with E-state index in [2.05, 4.69) is 68.3 Å². The third-order valence-electron chi connectivity index (χ3n) is 4.62. The average molecular weight is 351 g/mol. The van der Waals surface area contributed by atoms with Crippen molar-refractivity contribution in [2.75, 3.05) is 43.4 Å². The van der Waals surface area contributed by atoms with Gasteiger partial charge in [-0.3, -0.25) is 4.99 Å². The lowest BCUT2D eigenvalue weighted by Gasteiger charge is -2.20. The molecule has 5 heteroatoms. The van der Waals surface area contributed by atoms with Gasteiger partial charge >= 0.3 is 0 Å². The van der Waals surface area contributed by atoms with Gasteiger partial charge < -0.3 is 20.9 Å². The van der Waals surface area contributed by atoms with Gasteiger partial charge in [-0.15, -0.1) is 0 Å². The van der Waals surface area contributed by atoms with Crippen molar-refractivity contribution in [3.8, 4) is 0 Å². The van der Waals surface area contributed by atoms with E-state index in [0.29, 0.717) is 6.04 Å². The van der Waals surface area contributed by atoms with Gasteiger partial charge in [0.05, 0.1) is 0 Å². The molecule has 3 rings (SSSR count). The number of rotatable bonds is 7. The maximum absolute atomic E-state index is 4.36. The minimum Gasteiger partial charge on any atom is -0.385 e. The van der Waals surface area contributed by atoms with E-state index in [-0.39, 0.29) is 0 Å². The fraction of sp³-hybridized carbons (Fsp3) is 0.381. The molecule has 2 aromatic carbocycles. The first kappa shape index (κ1) is 18.1. The molecule has 0 spiro atoms. The third kappa shape index (κ3) is 5.41. The first-order valence-corrected chi connectivity index (χ1v) is 9.41. The zero-order valence-electron chi connectivity index (χ0n) is 15.5. The van der Waals surface area contributed by atoms with Gasteiger partial charge in [0, 0.05) is 50.6 Å². The smallest absolute Gasteiger partial charge is 0.191 e. The van der Waals surface area contributed by atoms with Crippen LogP contribution < -0.4 is 20.9 Å². The Hall–Kier alpha value is -2.69. The lowest BCUT2D eigenvalue weighted by molar-refractivity contribution is 0.645. The van der Waals surface area contributed by atoms with Crippen molar-refractivity contribution in [2.45, 2.75) is 18.9 Å². The van der Waals surface area contributed by atoms with E-state index in [1.807, 2.05) is 25.2 Å². The summed E-state index contributed by atoms with van der Waals surface area (Å²) in [4.78, 5) is 6.79. The summed E-state index contributed by atoms with van der Waals surface area (Å²) >= 11 is 0. The first-order chi connectivity index (χ1) is 12.8. The quantitative estimate of drug-likeness (QED) is 0.408. The monoisotopic (exact) mass is 351 g/mol. The van der Waals surface area contributed by atoms with Crippen LogP contribution in [0.1, 0.15) is 12.8 Å². The van der Waals surface area contributed by atoms with E-state index < -0.39 is 0 Å². The lowest BCUT2D eigenvalue weighted by Crippen LogP contribution is -2.45. The summed E-state index contributed by atoms with van der Waals surface area (Å²) in [6, 6.07) is 21.4. The van der Waals surface area contributed by atoms with Crippen molar-refractivity contribution in [1.82, 2.24) is 10.6 Å². The molecule has 1 fully saturated rings. The van der Waals surface area contributed by atoms with Crippen LogP contribution in [-0.2, 0) is 0 Å². The summed E-state index contributed by atoms with van der Waals surface area (Å²) < 4.78 is 0. The maximum atomic E-state index is 4.36. The van der Waals surface area contributed by atoms with Crippen molar-refractivity contribution < 1.29 is 0 Å². The van der Waals surface area contributed by atoms with Gasteiger partial charge in [-0.1, -0.05) is 36.4 Å². The molecule has 0 amide bonds. The summed E-state index contributed by atoms with van der Waals surface area (Å²) in [6.45, 7) is 3.94. The van der Waals surface area contributed by atoms with Crippen LogP contribution in [0.25, 0.3) is 0 Å². The third-order valence-corrected chi connectivity index (χ3v) is 4.62. The van der Waals surface area contributed by atoms with Crippen LogP contribution in [0.2, 0.25) is 0 Å². The summed E-state index contributed by atoms with van der Waals surface area (Å²) in [5, 5.41) is 10.4. The Labute approximate surface area is 156 Å². The molecule has 1 saturated heterocycles. The molecule has 0 saturated carbocycles. The summed E-state index contributed by atoms with van der Waals surface area (Å²) in [5.41, 5.74) is 2.47. The van der Waals surface area contributed by atoms with E-state index in [1.165, 1.54) is 11.4 Å². The number of anilines is 2. The van der Waals surface area contributed by atoms with Gasteiger partial charge in [0.25, 0.3) is 0 Å². The highest BCUT2D eigenvalue weighted by Crippen LogP contribution is 2.19. The first-order valence-electron chi connectivity index (χ1n) is 9.41. The molecule has 5 nitrogen and oxygen atoms in total. The molecule has 0 radical (unpaired) electrons. The maximum Gasteiger partial charge on any atom is 0.191 e. The number of benzene rings is 2. The average Bonchev–Trinajstić information content (AvgIpc) is 3.17. The second-order valence-electron chi connectivity index (χ2n) is 6.56. The second-order valence-corrected chi connectivity index (χ2v) is 6.56. The van der Waals surface area contributed by atoms with Crippen LogP contribution in [0, 0.1) is 0 Å². The number of nitrogens with zero attached hydrogens (tertiary/aromatic N) is 2. The molecule has 1 atom stereocenters. The molecule has 3 N–H and O–H groups in total. The van der Waals surface area contributed by atoms with Crippen LogP contribution >= 0.6 is 0 Å². The van der Waals surface area contributed by atoms with Crippen LogP contribution in [0.15, 0.2) is 65.7 Å². The molecular formula is C21H29N5. The molecule has 26 heavy (non-hydrogen) atoms. The SMILES string of the molecule is CN=C(NCCCNc1ccccc1)NC1CCN(c2ccccc2)C1. The van der Waals surface area contributed by atoms with Crippen LogP contribution in [0.3, 0.4) is 0 Å². The highest BCUT2D eigenvalue weighted by atomic mass is 15.2. The fourth-order valence-corrected chi connectivity index (χ4v) is 3.22. The summed E-state index contributed by atoms with van der Waals surface area (Å²) in [7, 11) is 1.83. The van der Waals surface area contributed by atoms with E-state index >= 15 is 0 Å². The number of hydrogen-bond acceptors (Lipinski definition) is 3. The van der Waals surface area contributed by atoms with Gasteiger partial charge in [0.2, 0.25) is 0 Å². The predicted molar refractivity (Wildman–Crippen MR) is 111 cm³/mol. The largest absolute Gasteiger partial charge is 0.385 e. The fourth-order valence-electron chi connectivity index (χ4n) is 3.22. The molecule has 1 unspecified atom stereocenters. The molecule has 2 aromatic rings. The van der Waals surface area contributed by atoms with Crippen molar-refractivity contribution in [3.05, 3.63) is 60.7 Å². The Morgan fingerprint density at radius 3 is 2.50 bits per heavy atom. The summed E-state index contributed by atoms with van der Waals surface area (Å²) in [5.74, 6) is 0.893. The Balaban J connectivity index is 1.35. The molecule has 1 aliphatic rings. The van der Waals surface area contributed by atoms with Crippen molar-refractivity contribution in [2.24, 2.45) is 4.99 Å². The zero-order chi connectivity index (χ0) is 18.0. The second kappa shape index (κ2) is 9.70. The predicted octanol–water partition coefficient (Wildman–Crippen LogP) is 2.93. The number of hydrogen-bond donors (Lipinski definition) is 3. The molecule has 0 bridgehead atoms. The molecular weight excluding hydrogens is 322 g/mol. The topological polar surface area (TPSA) is 51.7 Å². The highest BCUT2D eigenvalue weighted by molar-refractivity contribution is 5.80. The molecule has 138 valence electrons. The van der Waals surface area contributed by atoms with Crippen LogP contribution in [0.5, 0.6) is 0 Å². The Morgan fingerprint density at radius 1 is 1.04 bits per heavy atom. The van der Waals surface area contributed by atoms with Crippen molar-refractivity contribution in [1.29, 1.82) is 0 Å². The Morgan fingerprint density at radius 2 is 1.77 bits per heavy atom. The van der Waals surface area contributed by atoms with E-state index in [0.717, 1.165) is 45.0 Å². The Bertz CT molecular complexity index is 671. The van der Waals surface area contributed by atoms with E-state index in [9.17, 15) is 0 Å². The van der Waals surface area contributed by atoms with Crippen molar-refractivity contribution in [3.63, 3.8) is 0 Å². The van der Waals surface area contributed by atoms with Gasteiger partial charge in [-0.2, -0.15) is 0 Å². The van der Waals surface area contributed by atoms with E-state index in [1.54, 1.807) is 0 Å². The normalized spacial score (nSPS) is 17.2. The minimum absolute atomic E-state index is 0.434. The standard InChI is InChI=1S/C21H29N5/c1-22-21(24-15-8-14-23-18-9-4-2-5-10-18)25-19-13-16-26(17-19)20-11-6-3-7-12-20/h2-7,9-12,19,23H,8,13-17H2,1H3,(H2,22,24,25). The highest BCUT2D eigenvalue weighted by Gasteiger charge is 2.23. The summed E-state index contributed by atoms with van der Waals surface area (Å²) in [6.07, 6.45) is 2.17. The number of guanidine groups is 1. The molecule has 1 heterocycles. The zero-order valence-corrected chi connectivity index (χ0v) is 15.5. The molecule has 0 aromatic heterocycles. The number of nitrogens with one attached hydrogen (secondary N) is 3. The van der Waals surface area contributed by atoms with Crippen LogP contribution in [0.4, 0.5) is 11.4 Å². The van der Waals surface area contributed by atoms with Gasteiger partial charge in [0.1, 0.15) is 0 Å². The van der Waals surface area contributed by atoms with Crippen LogP contribution in [-0.4, -0.2) is 45.2 Å². The Kier molecular flexibility index (Phi) is 6.76. The van der Waals surface area contributed by atoms with E-state index in [4.69, 9.17) is 0 Å². The van der Waals surface area contributed by atoms with Gasteiger partial charge in [0.15, 0.2) is 5.96 Å². The van der Waals surface area contributed by atoms with Gasteiger partial charge in [-0.25, -0.2) is 0 Å². The number of aliphatic imine (C=N–C) groups is 1.